The third-order valence-corrected chi connectivity index (χ3v) is 5.30. The van der Waals surface area contributed by atoms with Gasteiger partial charge in [-0.25, -0.2) is 4.68 Å². The highest BCUT2D eigenvalue weighted by Gasteiger charge is 2.14. The fourth-order valence-electron chi connectivity index (χ4n) is 3.51. The first-order valence-corrected chi connectivity index (χ1v) is 9.97. The van der Waals surface area contributed by atoms with Crippen LogP contribution >= 0.6 is 11.6 Å². The van der Waals surface area contributed by atoms with E-state index in [4.69, 9.17) is 21.1 Å². The highest BCUT2D eigenvalue weighted by atomic mass is 35.5. The van der Waals surface area contributed by atoms with Gasteiger partial charge in [0.05, 0.1) is 11.4 Å². The molecule has 7 nitrogen and oxygen atoms in total. The molecule has 0 saturated carbocycles. The van der Waals surface area contributed by atoms with E-state index in [1.165, 1.54) is 0 Å². The molecule has 0 unspecified atom stereocenters. The van der Waals surface area contributed by atoms with Crippen molar-refractivity contribution >= 4 is 28.3 Å². The zero-order valence-corrected chi connectivity index (χ0v) is 17.0. The number of fused-ring (bicyclic) bond motifs is 2. The van der Waals surface area contributed by atoms with E-state index in [0.717, 1.165) is 28.2 Å². The third-order valence-electron chi connectivity index (χ3n) is 5.05. The van der Waals surface area contributed by atoms with Gasteiger partial charge in [-0.3, -0.25) is 4.79 Å². The molecule has 0 bridgehead atoms. The van der Waals surface area contributed by atoms with Crippen LogP contribution < -0.4 is 20.3 Å². The van der Waals surface area contributed by atoms with Crippen LogP contribution in [0.3, 0.4) is 0 Å². The molecule has 0 atom stereocenters. The van der Waals surface area contributed by atoms with Crippen LogP contribution in [0, 0.1) is 6.92 Å². The quantitative estimate of drug-likeness (QED) is 0.518. The number of hydrogen-bond acceptors (Lipinski definition) is 5. The van der Waals surface area contributed by atoms with Crippen molar-refractivity contribution in [1.82, 2.24) is 14.8 Å². The maximum absolute atomic E-state index is 12.7. The number of aromatic amines is 1. The zero-order valence-electron chi connectivity index (χ0n) is 16.2. The number of rotatable bonds is 4. The minimum atomic E-state index is -0.164. The second-order valence-corrected chi connectivity index (χ2v) is 7.51. The van der Waals surface area contributed by atoms with Gasteiger partial charge in [0.1, 0.15) is 18.9 Å². The predicted molar refractivity (Wildman–Crippen MR) is 116 cm³/mol. The Kier molecular flexibility index (Phi) is 4.59. The van der Waals surface area contributed by atoms with Crippen LogP contribution in [0.25, 0.3) is 16.7 Å². The van der Waals surface area contributed by atoms with Crippen molar-refractivity contribution in [3.05, 3.63) is 75.2 Å². The summed E-state index contributed by atoms with van der Waals surface area (Å²) in [6.45, 7) is 3.38. The molecule has 0 radical (unpaired) electrons. The smallest absolute Gasteiger partial charge is 0.254 e. The molecule has 0 spiro atoms. The summed E-state index contributed by atoms with van der Waals surface area (Å²) in [4.78, 5) is 15.7. The first-order valence-electron chi connectivity index (χ1n) is 9.59. The van der Waals surface area contributed by atoms with Crippen molar-refractivity contribution in [2.24, 2.45) is 0 Å². The lowest BCUT2D eigenvalue weighted by Crippen LogP contribution is -2.17. The summed E-state index contributed by atoms with van der Waals surface area (Å²) in [5.74, 6) is 1.44. The SMILES string of the molecule is Cc1nn(-c2ccc(Cl)cc2)c2[nH]c(=O)c(CNc3ccc4c(c3)OCCO4)cc12. The fraction of sp³-hybridized carbons (Fsp3) is 0.182. The fourth-order valence-corrected chi connectivity index (χ4v) is 3.64. The number of benzene rings is 2. The summed E-state index contributed by atoms with van der Waals surface area (Å²) in [7, 11) is 0. The van der Waals surface area contributed by atoms with Gasteiger partial charge in [0.25, 0.3) is 5.56 Å². The van der Waals surface area contributed by atoms with Gasteiger partial charge in [-0.15, -0.1) is 0 Å². The van der Waals surface area contributed by atoms with Gasteiger partial charge >= 0.3 is 0 Å². The lowest BCUT2D eigenvalue weighted by atomic mass is 10.2. The number of anilines is 1. The Labute approximate surface area is 177 Å². The van der Waals surface area contributed by atoms with E-state index in [2.05, 4.69) is 15.4 Å². The van der Waals surface area contributed by atoms with Gasteiger partial charge in [0.2, 0.25) is 0 Å². The molecule has 1 aliphatic heterocycles. The van der Waals surface area contributed by atoms with E-state index in [0.29, 0.717) is 41.7 Å². The molecule has 0 fully saturated rings. The van der Waals surface area contributed by atoms with E-state index in [1.54, 1.807) is 16.8 Å². The zero-order chi connectivity index (χ0) is 20.7. The van der Waals surface area contributed by atoms with E-state index in [-0.39, 0.29) is 5.56 Å². The standard InChI is InChI=1S/C22H19ClN4O3/c1-13-18-10-14(12-24-16-4-7-19-20(11-16)30-9-8-29-19)22(28)25-21(18)27(26-13)17-5-2-15(23)3-6-17/h2-7,10-11,24H,8-9,12H2,1H3,(H,25,28). The first kappa shape index (κ1) is 18.6. The van der Waals surface area contributed by atoms with Crippen molar-refractivity contribution < 1.29 is 9.47 Å². The Bertz CT molecular complexity index is 1290. The van der Waals surface area contributed by atoms with Crippen LogP contribution in [-0.4, -0.2) is 28.0 Å². The van der Waals surface area contributed by atoms with Crippen LogP contribution in [0.1, 0.15) is 11.3 Å². The molecule has 0 saturated heterocycles. The summed E-state index contributed by atoms with van der Waals surface area (Å²) in [5, 5.41) is 9.41. The highest BCUT2D eigenvalue weighted by Crippen LogP contribution is 2.32. The maximum atomic E-state index is 12.7. The maximum Gasteiger partial charge on any atom is 0.254 e. The van der Waals surface area contributed by atoms with Gasteiger partial charge in [-0.2, -0.15) is 5.10 Å². The molecular weight excluding hydrogens is 404 g/mol. The van der Waals surface area contributed by atoms with E-state index < -0.39 is 0 Å². The molecule has 152 valence electrons. The average Bonchev–Trinajstić information content (AvgIpc) is 3.07. The Morgan fingerprint density at radius 1 is 1.10 bits per heavy atom. The number of aromatic nitrogens is 3. The second-order valence-electron chi connectivity index (χ2n) is 7.07. The molecular formula is C22H19ClN4O3. The van der Waals surface area contributed by atoms with Crippen LogP contribution in [0.15, 0.2) is 53.3 Å². The second kappa shape index (κ2) is 7.42. The van der Waals surface area contributed by atoms with E-state index >= 15 is 0 Å². The lowest BCUT2D eigenvalue weighted by Gasteiger charge is -2.19. The Balaban J connectivity index is 1.44. The summed E-state index contributed by atoms with van der Waals surface area (Å²) < 4.78 is 12.9. The Hall–Kier alpha value is -3.45. The molecule has 4 aromatic rings. The summed E-state index contributed by atoms with van der Waals surface area (Å²) in [6.07, 6.45) is 0. The van der Waals surface area contributed by atoms with Crippen molar-refractivity contribution in [3.63, 3.8) is 0 Å². The number of pyridine rings is 1. The molecule has 2 aromatic heterocycles. The van der Waals surface area contributed by atoms with E-state index in [9.17, 15) is 4.79 Å². The van der Waals surface area contributed by atoms with Gasteiger partial charge in [0, 0.05) is 34.3 Å². The summed E-state index contributed by atoms with van der Waals surface area (Å²) in [5.41, 5.74) is 3.63. The number of nitrogens with one attached hydrogen (secondary N) is 2. The van der Waals surface area contributed by atoms with Crippen molar-refractivity contribution in [2.45, 2.75) is 13.5 Å². The molecule has 1 aliphatic rings. The van der Waals surface area contributed by atoms with Crippen molar-refractivity contribution in [1.29, 1.82) is 0 Å². The molecule has 0 aliphatic carbocycles. The van der Waals surface area contributed by atoms with Gasteiger partial charge in [0.15, 0.2) is 11.5 Å². The summed E-state index contributed by atoms with van der Waals surface area (Å²) >= 11 is 5.98. The van der Waals surface area contributed by atoms with Crippen molar-refractivity contribution in [3.8, 4) is 17.2 Å². The normalized spacial score (nSPS) is 12.9. The first-order chi connectivity index (χ1) is 14.6. The molecule has 2 aromatic carbocycles. The third kappa shape index (κ3) is 3.37. The average molecular weight is 423 g/mol. The topological polar surface area (TPSA) is 81.2 Å². The van der Waals surface area contributed by atoms with Crippen LogP contribution in [0.4, 0.5) is 5.69 Å². The van der Waals surface area contributed by atoms with Gasteiger partial charge in [-0.1, -0.05) is 11.6 Å². The number of ether oxygens (including phenoxy) is 2. The molecule has 30 heavy (non-hydrogen) atoms. The number of nitrogens with zero attached hydrogens (tertiary/aromatic N) is 2. The minimum absolute atomic E-state index is 0.164. The number of H-pyrrole nitrogens is 1. The van der Waals surface area contributed by atoms with Gasteiger partial charge < -0.3 is 19.8 Å². The van der Waals surface area contributed by atoms with Gasteiger partial charge in [-0.05, 0) is 49.4 Å². The summed E-state index contributed by atoms with van der Waals surface area (Å²) in [6, 6.07) is 14.9. The molecule has 2 N–H and O–H groups in total. The number of hydrogen-bond donors (Lipinski definition) is 2. The van der Waals surface area contributed by atoms with Crippen LogP contribution in [0.5, 0.6) is 11.5 Å². The minimum Gasteiger partial charge on any atom is -0.486 e. The molecule has 3 heterocycles. The lowest BCUT2D eigenvalue weighted by molar-refractivity contribution is 0.171. The van der Waals surface area contributed by atoms with E-state index in [1.807, 2.05) is 43.3 Å². The number of aryl methyl sites for hydroxylation is 1. The molecule has 5 rings (SSSR count). The monoisotopic (exact) mass is 422 g/mol. The molecule has 8 heteroatoms. The predicted octanol–water partition coefficient (Wildman–Crippen LogP) is 4.06. The van der Waals surface area contributed by atoms with Crippen LogP contribution in [0.2, 0.25) is 5.02 Å². The number of halogens is 1. The Morgan fingerprint density at radius 3 is 2.67 bits per heavy atom. The molecule has 0 amide bonds. The Morgan fingerprint density at radius 2 is 1.87 bits per heavy atom. The highest BCUT2D eigenvalue weighted by molar-refractivity contribution is 6.30. The van der Waals surface area contributed by atoms with Crippen molar-refractivity contribution in [2.75, 3.05) is 18.5 Å². The van der Waals surface area contributed by atoms with Crippen LogP contribution in [-0.2, 0) is 6.54 Å². The largest absolute Gasteiger partial charge is 0.486 e.